The number of para-hydroxylation sites is 2. The second-order valence-electron chi connectivity index (χ2n) is 9.26. The first-order valence-corrected chi connectivity index (χ1v) is 12.2. The average molecular weight is 499 g/mol. The van der Waals surface area contributed by atoms with Crippen LogP contribution < -0.4 is 10.6 Å². The number of carbonyl (C=O) groups is 2. The van der Waals surface area contributed by atoms with Crippen LogP contribution in [0.1, 0.15) is 35.3 Å². The third-order valence-electron chi connectivity index (χ3n) is 6.45. The van der Waals surface area contributed by atoms with Crippen molar-refractivity contribution in [1.82, 2.24) is 14.8 Å². The summed E-state index contributed by atoms with van der Waals surface area (Å²) in [6, 6.07) is 18.1. The van der Waals surface area contributed by atoms with Gasteiger partial charge in [0.15, 0.2) is 0 Å². The van der Waals surface area contributed by atoms with E-state index < -0.39 is 6.09 Å². The van der Waals surface area contributed by atoms with E-state index in [9.17, 15) is 14.9 Å². The molecule has 1 aliphatic heterocycles. The summed E-state index contributed by atoms with van der Waals surface area (Å²) in [7, 11) is 0. The number of rotatable bonds is 7. The lowest BCUT2D eigenvalue weighted by atomic mass is 10.0. The van der Waals surface area contributed by atoms with Crippen molar-refractivity contribution in [2.45, 2.75) is 26.4 Å². The zero-order valence-corrected chi connectivity index (χ0v) is 20.9. The van der Waals surface area contributed by atoms with E-state index in [0.717, 1.165) is 43.9 Å². The quantitative estimate of drug-likeness (QED) is 0.439. The predicted octanol–water partition coefficient (Wildman–Crippen LogP) is 4.49. The summed E-state index contributed by atoms with van der Waals surface area (Å²) in [6.07, 6.45) is 0.601. The Morgan fingerprint density at radius 2 is 1.68 bits per heavy atom. The second-order valence-corrected chi connectivity index (χ2v) is 9.26. The molecule has 0 saturated carbocycles. The Labute approximate surface area is 216 Å². The maximum absolute atomic E-state index is 12.8. The maximum atomic E-state index is 12.8. The van der Waals surface area contributed by atoms with Crippen molar-refractivity contribution in [2.24, 2.45) is 0 Å². The molecular weight excluding hydrogens is 468 g/mol. The topological polar surface area (TPSA) is 122 Å². The average Bonchev–Trinajstić information content (AvgIpc) is 2.90. The van der Waals surface area contributed by atoms with Crippen LogP contribution in [0.4, 0.5) is 16.2 Å². The van der Waals surface area contributed by atoms with Gasteiger partial charge in [0.05, 0.1) is 22.6 Å². The van der Waals surface area contributed by atoms with Gasteiger partial charge in [-0.15, -0.1) is 0 Å². The molecule has 1 aliphatic rings. The molecule has 9 nitrogen and oxygen atoms in total. The molecule has 4 rings (SSSR count). The highest BCUT2D eigenvalue weighted by Gasteiger charge is 2.19. The smallest absolute Gasteiger partial charge is 0.409 e. The molecule has 0 unspecified atom stereocenters. The summed E-state index contributed by atoms with van der Waals surface area (Å²) < 4.78 is 0. The van der Waals surface area contributed by atoms with Gasteiger partial charge in [-0.1, -0.05) is 24.3 Å². The minimum absolute atomic E-state index is 0.282. The van der Waals surface area contributed by atoms with Gasteiger partial charge < -0.3 is 10.4 Å². The first kappa shape index (κ1) is 25.8. The van der Waals surface area contributed by atoms with E-state index in [2.05, 4.69) is 45.3 Å². The molecule has 0 spiro atoms. The maximum Gasteiger partial charge on any atom is 0.409 e. The number of amides is 2. The van der Waals surface area contributed by atoms with Gasteiger partial charge in [0.2, 0.25) is 0 Å². The van der Waals surface area contributed by atoms with Crippen molar-refractivity contribution in [1.29, 1.82) is 5.26 Å². The standard InChI is InChI=1S/C28H30N6O3/c1-19(2)34-13-11-33(12-14-34)18-20-15-23(16-29)26(30-17-20)21-7-9-22(10-8-21)27(35)31-24-5-3-4-6-25(24)32-28(36)37/h3-10,15,17,19,32H,11-14,18H2,1-2H3,(H,31,35)(H,36,37). The van der Waals surface area contributed by atoms with Crippen LogP contribution >= 0.6 is 0 Å². The molecule has 2 aromatic carbocycles. The lowest BCUT2D eigenvalue weighted by Gasteiger charge is -2.36. The lowest BCUT2D eigenvalue weighted by Crippen LogP contribution is -2.48. The number of hydrogen-bond donors (Lipinski definition) is 3. The molecule has 1 aromatic heterocycles. The summed E-state index contributed by atoms with van der Waals surface area (Å²) in [6.45, 7) is 9.24. The number of nitrogens with zero attached hydrogens (tertiary/aromatic N) is 4. The van der Waals surface area contributed by atoms with Gasteiger partial charge in [-0.3, -0.25) is 24.9 Å². The molecule has 3 aromatic rings. The van der Waals surface area contributed by atoms with Gasteiger partial charge in [0.25, 0.3) is 5.91 Å². The number of benzene rings is 2. The molecule has 0 bridgehead atoms. The van der Waals surface area contributed by atoms with Crippen molar-refractivity contribution in [3.63, 3.8) is 0 Å². The zero-order valence-electron chi connectivity index (χ0n) is 20.9. The van der Waals surface area contributed by atoms with E-state index in [1.807, 2.05) is 12.3 Å². The minimum atomic E-state index is -1.22. The number of nitriles is 1. The van der Waals surface area contributed by atoms with Crippen LogP contribution in [0.5, 0.6) is 0 Å². The van der Waals surface area contributed by atoms with Crippen LogP contribution in [0.15, 0.2) is 60.8 Å². The van der Waals surface area contributed by atoms with Crippen LogP contribution in [0.25, 0.3) is 11.3 Å². The zero-order chi connectivity index (χ0) is 26.4. The van der Waals surface area contributed by atoms with E-state index in [1.165, 1.54) is 0 Å². The summed E-state index contributed by atoms with van der Waals surface area (Å²) in [4.78, 5) is 33.2. The summed E-state index contributed by atoms with van der Waals surface area (Å²) in [5, 5.41) is 23.8. The molecule has 2 heterocycles. The van der Waals surface area contributed by atoms with Crippen molar-refractivity contribution in [2.75, 3.05) is 36.8 Å². The number of hydrogen-bond acceptors (Lipinski definition) is 6. The minimum Gasteiger partial charge on any atom is -0.465 e. The Bertz CT molecular complexity index is 1310. The number of aromatic nitrogens is 1. The van der Waals surface area contributed by atoms with Gasteiger partial charge in [-0.2, -0.15) is 5.26 Å². The Balaban J connectivity index is 1.44. The Morgan fingerprint density at radius 1 is 1.03 bits per heavy atom. The SMILES string of the molecule is CC(C)N1CCN(Cc2cnc(-c3ccc(C(=O)Nc4ccccc4NC(=O)O)cc3)c(C#N)c2)CC1. The normalized spacial score (nSPS) is 14.2. The van der Waals surface area contributed by atoms with Crippen LogP contribution in [0, 0.1) is 11.3 Å². The van der Waals surface area contributed by atoms with E-state index in [4.69, 9.17) is 5.11 Å². The van der Waals surface area contributed by atoms with Gasteiger partial charge >= 0.3 is 6.09 Å². The number of pyridine rings is 1. The van der Waals surface area contributed by atoms with Gasteiger partial charge in [-0.05, 0) is 49.7 Å². The monoisotopic (exact) mass is 498 g/mol. The fraction of sp³-hybridized carbons (Fsp3) is 0.286. The molecule has 2 amide bonds. The molecule has 37 heavy (non-hydrogen) atoms. The highest BCUT2D eigenvalue weighted by atomic mass is 16.4. The molecule has 0 aliphatic carbocycles. The molecule has 0 radical (unpaired) electrons. The van der Waals surface area contributed by atoms with Crippen LogP contribution in [-0.4, -0.2) is 64.1 Å². The van der Waals surface area contributed by atoms with Gasteiger partial charge in [0, 0.05) is 56.1 Å². The molecular formula is C28H30N6O3. The summed E-state index contributed by atoms with van der Waals surface area (Å²) in [5.74, 6) is -0.382. The summed E-state index contributed by atoms with van der Waals surface area (Å²) >= 11 is 0. The highest BCUT2D eigenvalue weighted by molar-refractivity contribution is 6.07. The molecule has 1 saturated heterocycles. The summed E-state index contributed by atoms with van der Waals surface area (Å²) in [5.41, 5.74) is 3.83. The third kappa shape index (κ3) is 6.50. The molecule has 3 N–H and O–H groups in total. The van der Waals surface area contributed by atoms with Crippen LogP contribution in [-0.2, 0) is 6.54 Å². The van der Waals surface area contributed by atoms with Gasteiger partial charge in [0.1, 0.15) is 6.07 Å². The molecule has 190 valence electrons. The number of piperazine rings is 1. The van der Waals surface area contributed by atoms with Gasteiger partial charge in [-0.25, -0.2) is 4.79 Å². The number of nitrogens with one attached hydrogen (secondary N) is 2. The van der Waals surface area contributed by atoms with E-state index in [1.54, 1.807) is 48.5 Å². The first-order chi connectivity index (χ1) is 17.8. The lowest BCUT2D eigenvalue weighted by molar-refractivity contribution is 0.102. The van der Waals surface area contributed by atoms with E-state index in [-0.39, 0.29) is 11.6 Å². The molecule has 9 heteroatoms. The van der Waals surface area contributed by atoms with Crippen LogP contribution in [0.2, 0.25) is 0 Å². The fourth-order valence-electron chi connectivity index (χ4n) is 4.40. The van der Waals surface area contributed by atoms with Crippen molar-refractivity contribution < 1.29 is 14.7 Å². The largest absolute Gasteiger partial charge is 0.465 e. The van der Waals surface area contributed by atoms with E-state index in [0.29, 0.717) is 28.6 Å². The van der Waals surface area contributed by atoms with Crippen molar-refractivity contribution in [3.05, 3.63) is 77.5 Å². The van der Waals surface area contributed by atoms with Crippen molar-refractivity contribution >= 4 is 23.4 Å². The first-order valence-electron chi connectivity index (χ1n) is 12.2. The predicted molar refractivity (Wildman–Crippen MR) is 142 cm³/mol. The number of anilines is 2. The second kappa shape index (κ2) is 11.6. The Hall–Kier alpha value is -4.26. The van der Waals surface area contributed by atoms with E-state index >= 15 is 0 Å². The fourth-order valence-corrected chi connectivity index (χ4v) is 4.40. The molecule has 1 fully saturated rings. The van der Waals surface area contributed by atoms with Crippen molar-refractivity contribution in [3.8, 4) is 17.3 Å². The van der Waals surface area contributed by atoms with Crippen LogP contribution in [0.3, 0.4) is 0 Å². The molecule has 0 atom stereocenters. The Kier molecular flexibility index (Phi) is 8.13. The number of carboxylic acid groups (broad SMARTS) is 1. The number of carbonyl (C=O) groups excluding carboxylic acids is 1. The highest BCUT2D eigenvalue weighted by Crippen LogP contribution is 2.25. The Morgan fingerprint density at radius 3 is 2.27 bits per heavy atom. The third-order valence-corrected chi connectivity index (χ3v) is 6.45.